The van der Waals surface area contributed by atoms with E-state index in [0.717, 1.165) is 22.5 Å². The molecule has 1 amide bonds. The van der Waals surface area contributed by atoms with Gasteiger partial charge in [0.05, 0.1) is 24.5 Å². The molecular weight excluding hydrogens is 513 g/mol. The minimum absolute atomic E-state index is 0.00768. The van der Waals surface area contributed by atoms with Crippen LogP contribution in [-0.4, -0.2) is 46.3 Å². The van der Waals surface area contributed by atoms with Gasteiger partial charge in [0, 0.05) is 30.4 Å². The van der Waals surface area contributed by atoms with Crippen molar-refractivity contribution in [3.63, 3.8) is 0 Å². The Morgan fingerprint density at radius 3 is 2.57 bits per heavy atom. The molecule has 0 unspecified atom stereocenters. The molecule has 37 heavy (non-hydrogen) atoms. The standard InChI is InChI=1S/C24H22ClF3N6O3/c1-36-19(13-3-5-15(25)6-4-13)7-8-30-22(35)16-9-14(11-31-23(16)37-2)18-10-17(24(26,27)28)20-21(29)32-12-33-34(18)20/h3-6,9-12,19H,7-8H2,1-2H3,(H,30,35)(H2,29,32,33)/t19-/m1/s1. The highest BCUT2D eigenvalue weighted by molar-refractivity contribution is 6.30. The number of carbonyl (C=O) groups excluding carboxylic acids is 1. The largest absolute Gasteiger partial charge is 0.480 e. The van der Waals surface area contributed by atoms with Crippen molar-refractivity contribution in [3.05, 3.63) is 70.6 Å². The van der Waals surface area contributed by atoms with Crippen LogP contribution in [0.2, 0.25) is 5.02 Å². The van der Waals surface area contributed by atoms with E-state index >= 15 is 0 Å². The summed E-state index contributed by atoms with van der Waals surface area (Å²) >= 11 is 5.94. The molecule has 0 saturated carbocycles. The Labute approximate surface area is 214 Å². The van der Waals surface area contributed by atoms with E-state index in [4.69, 9.17) is 26.8 Å². The predicted octanol–water partition coefficient (Wildman–Crippen LogP) is 4.56. The molecule has 0 saturated heterocycles. The van der Waals surface area contributed by atoms with Gasteiger partial charge in [0.2, 0.25) is 5.88 Å². The predicted molar refractivity (Wildman–Crippen MR) is 130 cm³/mol. The number of aromatic nitrogens is 4. The highest BCUT2D eigenvalue weighted by atomic mass is 35.5. The maximum atomic E-state index is 13.7. The number of nitrogens with zero attached hydrogens (tertiary/aromatic N) is 4. The second-order valence-corrected chi connectivity index (χ2v) is 8.38. The molecule has 0 aliphatic carbocycles. The lowest BCUT2D eigenvalue weighted by Gasteiger charge is -2.16. The van der Waals surface area contributed by atoms with Crippen molar-refractivity contribution in [2.45, 2.75) is 18.7 Å². The smallest absolute Gasteiger partial charge is 0.418 e. The van der Waals surface area contributed by atoms with Crippen LogP contribution < -0.4 is 15.8 Å². The number of benzene rings is 1. The average Bonchev–Trinajstić information content (AvgIpc) is 3.28. The molecule has 3 N–H and O–H groups in total. The third-order valence-corrected chi connectivity index (χ3v) is 5.94. The number of anilines is 1. The Kier molecular flexibility index (Phi) is 7.50. The molecule has 0 aliphatic heterocycles. The van der Waals surface area contributed by atoms with Gasteiger partial charge < -0.3 is 20.5 Å². The van der Waals surface area contributed by atoms with Crippen LogP contribution in [0, 0.1) is 0 Å². The van der Waals surface area contributed by atoms with Crippen molar-refractivity contribution in [3.8, 4) is 17.1 Å². The SMILES string of the molecule is COc1ncc(-c2cc(C(F)(F)F)c3c(N)ncnn23)cc1C(=O)NCC[C@@H](OC)c1ccc(Cl)cc1. The first-order valence-corrected chi connectivity index (χ1v) is 11.3. The summed E-state index contributed by atoms with van der Waals surface area (Å²) in [5.74, 6) is -0.849. The van der Waals surface area contributed by atoms with Crippen molar-refractivity contribution < 1.29 is 27.4 Å². The van der Waals surface area contributed by atoms with Gasteiger partial charge in [-0.3, -0.25) is 4.79 Å². The quantitative estimate of drug-likeness (QED) is 0.340. The number of fused-ring (bicyclic) bond motifs is 1. The monoisotopic (exact) mass is 534 g/mol. The summed E-state index contributed by atoms with van der Waals surface area (Å²) in [5, 5.41) is 7.30. The van der Waals surface area contributed by atoms with E-state index < -0.39 is 17.6 Å². The van der Waals surface area contributed by atoms with Crippen LogP contribution in [0.1, 0.15) is 34.0 Å². The summed E-state index contributed by atoms with van der Waals surface area (Å²) in [6.45, 7) is 0.239. The maximum absolute atomic E-state index is 13.7. The molecule has 0 aliphatic rings. The van der Waals surface area contributed by atoms with E-state index in [2.05, 4.69) is 20.4 Å². The van der Waals surface area contributed by atoms with E-state index in [1.165, 1.54) is 19.4 Å². The molecule has 0 fully saturated rings. The first-order valence-electron chi connectivity index (χ1n) is 10.9. The fourth-order valence-corrected chi connectivity index (χ4v) is 4.04. The summed E-state index contributed by atoms with van der Waals surface area (Å²) in [4.78, 5) is 20.8. The van der Waals surface area contributed by atoms with Crippen LogP contribution in [0.25, 0.3) is 16.8 Å². The van der Waals surface area contributed by atoms with Gasteiger partial charge in [-0.25, -0.2) is 14.5 Å². The van der Waals surface area contributed by atoms with Gasteiger partial charge in [-0.15, -0.1) is 0 Å². The minimum Gasteiger partial charge on any atom is -0.480 e. The van der Waals surface area contributed by atoms with Crippen molar-refractivity contribution in [2.24, 2.45) is 0 Å². The van der Waals surface area contributed by atoms with Gasteiger partial charge in [0.15, 0.2) is 5.82 Å². The molecule has 0 spiro atoms. The number of hydrogen-bond donors (Lipinski definition) is 2. The zero-order valence-electron chi connectivity index (χ0n) is 19.7. The Morgan fingerprint density at radius 2 is 1.92 bits per heavy atom. The molecular formula is C24H22ClF3N6O3. The van der Waals surface area contributed by atoms with Crippen molar-refractivity contribution in [2.75, 3.05) is 26.5 Å². The van der Waals surface area contributed by atoms with Gasteiger partial charge in [-0.05, 0) is 36.2 Å². The highest BCUT2D eigenvalue weighted by Gasteiger charge is 2.36. The molecule has 1 aromatic carbocycles. The molecule has 4 aromatic rings. The Hall–Kier alpha value is -3.90. The summed E-state index contributed by atoms with van der Waals surface area (Å²) in [7, 11) is 2.90. The molecule has 13 heteroatoms. The number of pyridine rings is 1. The van der Waals surface area contributed by atoms with E-state index in [1.807, 2.05) is 12.1 Å². The topological polar surface area (TPSA) is 117 Å². The molecule has 0 radical (unpaired) electrons. The van der Waals surface area contributed by atoms with Crippen molar-refractivity contribution in [1.29, 1.82) is 0 Å². The average molecular weight is 535 g/mol. The number of amides is 1. The number of hydrogen-bond acceptors (Lipinski definition) is 7. The fourth-order valence-electron chi connectivity index (χ4n) is 3.92. The van der Waals surface area contributed by atoms with Crippen LogP contribution >= 0.6 is 11.6 Å². The minimum atomic E-state index is -4.70. The van der Waals surface area contributed by atoms with Gasteiger partial charge >= 0.3 is 6.18 Å². The molecule has 0 bridgehead atoms. The maximum Gasteiger partial charge on any atom is 0.418 e. The van der Waals surface area contributed by atoms with E-state index in [0.29, 0.717) is 11.4 Å². The molecule has 3 aromatic heterocycles. The van der Waals surface area contributed by atoms with E-state index in [1.54, 1.807) is 19.2 Å². The van der Waals surface area contributed by atoms with Gasteiger partial charge in [-0.1, -0.05) is 23.7 Å². The lowest BCUT2D eigenvalue weighted by molar-refractivity contribution is -0.136. The number of carbonyl (C=O) groups is 1. The second-order valence-electron chi connectivity index (χ2n) is 7.95. The van der Waals surface area contributed by atoms with Gasteiger partial charge in [0.25, 0.3) is 5.91 Å². The Bertz CT molecular complexity index is 1430. The number of nitrogens with one attached hydrogen (secondary N) is 1. The molecule has 3 heterocycles. The van der Waals surface area contributed by atoms with Crippen molar-refractivity contribution >= 4 is 28.8 Å². The molecule has 9 nitrogen and oxygen atoms in total. The lowest BCUT2D eigenvalue weighted by atomic mass is 10.1. The first-order chi connectivity index (χ1) is 17.6. The van der Waals surface area contributed by atoms with Crippen LogP contribution in [-0.2, 0) is 10.9 Å². The lowest BCUT2D eigenvalue weighted by Crippen LogP contribution is -2.26. The van der Waals surface area contributed by atoms with E-state index in [9.17, 15) is 18.0 Å². The second kappa shape index (κ2) is 10.6. The number of rotatable bonds is 8. The normalized spacial score (nSPS) is 12.5. The number of halogens is 4. The van der Waals surface area contributed by atoms with Crippen LogP contribution in [0.3, 0.4) is 0 Å². The van der Waals surface area contributed by atoms with Crippen molar-refractivity contribution in [1.82, 2.24) is 24.9 Å². The van der Waals surface area contributed by atoms with Gasteiger partial charge in [0.1, 0.15) is 17.4 Å². The highest BCUT2D eigenvalue weighted by Crippen LogP contribution is 2.39. The number of alkyl halides is 3. The third-order valence-electron chi connectivity index (χ3n) is 5.69. The number of nitrogen functional groups attached to an aromatic ring is 1. The van der Waals surface area contributed by atoms with Gasteiger partial charge in [-0.2, -0.15) is 18.3 Å². The summed E-state index contributed by atoms with van der Waals surface area (Å²) in [6, 6.07) is 9.44. The summed E-state index contributed by atoms with van der Waals surface area (Å²) in [5.41, 5.74) is 5.48. The molecule has 1 atom stereocenters. The number of methoxy groups -OCH3 is 2. The number of nitrogens with two attached hydrogens (primary N) is 1. The van der Waals surface area contributed by atoms with Crippen LogP contribution in [0.4, 0.5) is 19.0 Å². The van der Waals surface area contributed by atoms with E-state index in [-0.39, 0.29) is 46.7 Å². The zero-order valence-corrected chi connectivity index (χ0v) is 20.5. The first kappa shape index (κ1) is 26.2. The summed E-state index contributed by atoms with van der Waals surface area (Å²) in [6.07, 6.45) is -2.21. The zero-order chi connectivity index (χ0) is 26.7. The number of ether oxygens (including phenoxy) is 2. The van der Waals surface area contributed by atoms with Crippen LogP contribution in [0.15, 0.2) is 48.9 Å². The van der Waals surface area contributed by atoms with Crippen LogP contribution in [0.5, 0.6) is 5.88 Å². The Morgan fingerprint density at radius 1 is 1.19 bits per heavy atom. The Balaban J connectivity index is 1.61. The molecule has 4 rings (SSSR count). The summed E-state index contributed by atoms with van der Waals surface area (Å²) < 4.78 is 52.8. The third kappa shape index (κ3) is 5.44. The fraction of sp³-hybridized carbons (Fsp3) is 0.250. The molecule has 194 valence electrons.